The standard InChI is InChI=1S/C15H19NO6S/c17-14(18)10-22-12-4-7-16(8-5-12)23(19,20)13-3-1-2-11-6-9-21-15(11)13/h1-3,12H,4-10H2,(H,17,18). The average Bonchev–Trinajstić information content (AvgIpc) is 3.01. The number of hydrogen-bond donors (Lipinski definition) is 1. The van der Waals surface area contributed by atoms with Gasteiger partial charge in [-0.15, -0.1) is 0 Å². The van der Waals surface area contributed by atoms with Crippen molar-refractivity contribution in [2.45, 2.75) is 30.3 Å². The molecule has 7 nitrogen and oxygen atoms in total. The summed E-state index contributed by atoms with van der Waals surface area (Å²) in [5.74, 6) is -0.547. The molecule has 1 aromatic carbocycles. The van der Waals surface area contributed by atoms with E-state index < -0.39 is 16.0 Å². The van der Waals surface area contributed by atoms with Gasteiger partial charge in [0.05, 0.1) is 12.7 Å². The monoisotopic (exact) mass is 341 g/mol. The number of benzene rings is 1. The molecule has 1 fully saturated rings. The lowest BCUT2D eigenvalue weighted by atomic mass is 10.1. The zero-order valence-corrected chi connectivity index (χ0v) is 13.4. The van der Waals surface area contributed by atoms with Gasteiger partial charge in [0.1, 0.15) is 17.3 Å². The minimum atomic E-state index is -3.61. The van der Waals surface area contributed by atoms with E-state index >= 15 is 0 Å². The van der Waals surface area contributed by atoms with Gasteiger partial charge < -0.3 is 14.6 Å². The number of para-hydroxylation sites is 1. The Balaban J connectivity index is 1.70. The number of piperidine rings is 1. The second-order valence-electron chi connectivity index (χ2n) is 5.65. The quantitative estimate of drug-likeness (QED) is 0.854. The maximum absolute atomic E-state index is 12.8. The van der Waals surface area contributed by atoms with Gasteiger partial charge in [0, 0.05) is 19.5 Å². The summed E-state index contributed by atoms with van der Waals surface area (Å²) in [5, 5.41) is 8.62. The fourth-order valence-electron chi connectivity index (χ4n) is 2.96. The predicted molar refractivity (Wildman–Crippen MR) is 81.0 cm³/mol. The summed E-state index contributed by atoms with van der Waals surface area (Å²) >= 11 is 0. The van der Waals surface area contributed by atoms with Crippen molar-refractivity contribution < 1.29 is 27.8 Å². The molecule has 0 spiro atoms. The molecule has 0 aliphatic carbocycles. The lowest BCUT2D eigenvalue weighted by Gasteiger charge is -2.31. The van der Waals surface area contributed by atoms with Gasteiger partial charge >= 0.3 is 5.97 Å². The van der Waals surface area contributed by atoms with Crippen molar-refractivity contribution >= 4 is 16.0 Å². The molecule has 0 unspecified atom stereocenters. The number of sulfonamides is 1. The topological polar surface area (TPSA) is 93.1 Å². The Labute approximate surface area is 134 Å². The molecule has 0 amide bonds. The van der Waals surface area contributed by atoms with Crippen molar-refractivity contribution in [1.82, 2.24) is 4.31 Å². The van der Waals surface area contributed by atoms with Crippen LogP contribution in [0.2, 0.25) is 0 Å². The number of nitrogens with zero attached hydrogens (tertiary/aromatic N) is 1. The van der Waals surface area contributed by atoms with Crippen LogP contribution in [0.4, 0.5) is 0 Å². The molecule has 0 radical (unpaired) electrons. The average molecular weight is 341 g/mol. The van der Waals surface area contributed by atoms with Crippen LogP contribution in [0, 0.1) is 0 Å². The third kappa shape index (κ3) is 3.34. The number of carboxylic acids is 1. The maximum Gasteiger partial charge on any atom is 0.329 e. The van der Waals surface area contributed by atoms with Crippen LogP contribution < -0.4 is 4.74 Å². The number of aliphatic carboxylic acids is 1. The smallest absolute Gasteiger partial charge is 0.329 e. The second kappa shape index (κ2) is 6.46. The van der Waals surface area contributed by atoms with E-state index in [9.17, 15) is 13.2 Å². The fourth-order valence-corrected chi connectivity index (χ4v) is 4.60. The first kappa shape index (κ1) is 16.2. The number of fused-ring (bicyclic) bond motifs is 1. The third-order valence-electron chi connectivity index (χ3n) is 4.14. The molecule has 23 heavy (non-hydrogen) atoms. The normalized spacial score (nSPS) is 19.3. The molecule has 126 valence electrons. The zero-order valence-electron chi connectivity index (χ0n) is 12.6. The van der Waals surface area contributed by atoms with Crippen LogP contribution in [-0.2, 0) is 26.0 Å². The van der Waals surface area contributed by atoms with E-state index in [1.165, 1.54) is 4.31 Å². The van der Waals surface area contributed by atoms with Crippen LogP contribution >= 0.6 is 0 Å². The van der Waals surface area contributed by atoms with E-state index in [0.717, 1.165) is 12.0 Å². The third-order valence-corrected chi connectivity index (χ3v) is 6.06. The molecular formula is C15H19NO6S. The van der Waals surface area contributed by atoms with Crippen LogP contribution in [0.3, 0.4) is 0 Å². The molecule has 0 aromatic heterocycles. The number of carbonyl (C=O) groups is 1. The number of hydrogen-bond acceptors (Lipinski definition) is 5. The van der Waals surface area contributed by atoms with Crippen LogP contribution in [0.15, 0.2) is 23.1 Å². The minimum Gasteiger partial charge on any atom is -0.492 e. The Hall–Kier alpha value is -1.64. The van der Waals surface area contributed by atoms with Crippen molar-refractivity contribution in [3.8, 4) is 5.75 Å². The zero-order chi connectivity index (χ0) is 16.4. The Morgan fingerprint density at radius 3 is 2.78 bits per heavy atom. The van der Waals surface area contributed by atoms with Crippen LogP contribution in [0.25, 0.3) is 0 Å². The Morgan fingerprint density at radius 2 is 2.09 bits per heavy atom. The van der Waals surface area contributed by atoms with Crippen LogP contribution in [0.5, 0.6) is 5.75 Å². The lowest BCUT2D eigenvalue weighted by molar-refractivity contribution is -0.145. The molecule has 0 bridgehead atoms. The summed E-state index contributed by atoms with van der Waals surface area (Å²) in [5.41, 5.74) is 0.922. The van der Waals surface area contributed by atoms with Crippen molar-refractivity contribution in [2.75, 3.05) is 26.3 Å². The summed E-state index contributed by atoms with van der Waals surface area (Å²) in [7, 11) is -3.61. The Morgan fingerprint density at radius 1 is 1.35 bits per heavy atom. The number of carboxylic acid groups (broad SMARTS) is 1. The summed E-state index contributed by atoms with van der Waals surface area (Å²) < 4.78 is 37.8. The molecular weight excluding hydrogens is 322 g/mol. The van der Waals surface area contributed by atoms with Crippen molar-refractivity contribution in [3.63, 3.8) is 0 Å². The predicted octanol–water partition coefficient (Wildman–Crippen LogP) is 0.876. The van der Waals surface area contributed by atoms with Gasteiger partial charge in [0.25, 0.3) is 0 Å². The van der Waals surface area contributed by atoms with E-state index in [1.807, 2.05) is 6.07 Å². The van der Waals surface area contributed by atoms with Gasteiger partial charge in [-0.3, -0.25) is 0 Å². The van der Waals surface area contributed by atoms with Gasteiger partial charge in [-0.2, -0.15) is 4.31 Å². The van der Waals surface area contributed by atoms with Crippen LogP contribution in [0.1, 0.15) is 18.4 Å². The molecule has 0 atom stereocenters. The largest absolute Gasteiger partial charge is 0.492 e. The molecule has 1 saturated heterocycles. The Kier molecular flexibility index (Phi) is 4.56. The summed E-state index contributed by atoms with van der Waals surface area (Å²) in [6.45, 7) is 0.789. The lowest BCUT2D eigenvalue weighted by Crippen LogP contribution is -2.41. The molecule has 2 aliphatic rings. The van der Waals surface area contributed by atoms with Crippen LogP contribution in [-0.4, -0.2) is 56.2 Å². The van der Waals surface area contributed by atoms with Gasteiger partial charge in [-0.1, -0.05) is 12.1 Å². The first-order valence-electron chi connectivity index (χ1n) is 7.57. The molecule has 1 aromatic rings. The first-order valence-corrected chi connectivity index (χ1v) is 9.01. The highest BCUT2D eigenvalue weighted by molar-refractivity contribution is 7.89. The van der Waals surface area contributed by atoms with Crippen molar-refractivity contribution in [1.29, 1.82) is 0 Å². The summed E-state index contributed by atoms with van der Waals surface area (Å²) in [6.07, 6.45) is 1.49. The summed E-state index contributed by atoms with van der Waals surface area (Å²) in [4.78, 5) is 10.7. The molecule has 1 N–H and O–H groups in total. The van der Waals surface area contributed by atoms with E-state index in [-0.39, 0.29) is 17.6 Å². The SMILES string of the molecule is O=C(O)COC1CCN(S(=O)(=O)c2cccc3c2OCC3)CC1. The van der Waals surface area contributed by atoms with Crippen molar-refractivity contribution in [2.24, 2.45) is 0 Å². The molecule has 8 heteroatoms. The Bertz CT molecular complexity index is 694. The highest BCUT2D eigenvalue weighted by Gasteiger charge is 2.33. The van der Waals surface area contributed by atoms with E-state index in [4.69, 9.17) is 14.6 Å². The second-order valence-corrected chi connectivity index (χ2v) is 7.56. The first-order chi connectivity index (χ1) is 11.0. The van der Waals surface area contributed by atoms with Gasteiger partial charge in [-0.05, 0) is 24.5 Å². The highest BCUT2D eigenvalue weighted by atomic mass is 32.2. The summed E-state index contributed by atoms with van der Waals surface area (Å²) in [6, 6.07) is 5.20. The molecule has 2 aliphatic heterocycles. The van der Waals surface area contributed by atoms with Gasteiger partial charge in [0.2, 0.25) is 10.0 Å². The van der Waals surface area contributed by atoms with Gasteiger partial charge in [-0.25, -0.2) is 13.2 Å². The number of ether oxygens (including phenoxy) is 2. The molecule has 2 heterocycles. The van der Waals surface area contributed by atoms with Gasteiger partial charge in [0.15, 0.2) is 0 Å². The van der Waals surface area contributed by atoms with E-state index in [0.29, 0.717) is 38.3 Å². The van der Waals surface area contributed by atoms with Crippen molar-refractivity contribution in [3.05, 3.63) is 23.8 Å². The highest BCUT2D eigenvalue weighted by Crippen LogP contribution is 2.35. The number of rotatable bonds is 5. The molecule has 0 saturated carbocycles. The van der Waals surface area contributed by atoms with E-state index in [2.05, 4.69) is 0 Å². The fraction of sp³-hybridized carbons (Fsp3) is 0.533. The van der Waals surface area contributed by atoms with E-state index in [1.54, 1.807) is 12.1 Å². The minimum absolute atomic E-state index is 0.213. The maximum atomic E-state index is 12.8. The molecule has 3 rings (SSSR count).